The first-order valence-corrected chi connectivity index (χ1v) is 7.11. The van der Waals surface area contributed by atoms with Crippen molar-refractivity contribution < 1.29 is 4.79 Å². The number of amides is 1. The molecule has 0 radical (unpaired) electrons. The average molecular weight is 260 g/mol. The van der Waals surface area contributed by atoms with E-state index in [1.54, 1.807) is 0 Å². The minimum atomic E-state index is 0.0289. The lowest BCUT2D eigenvalue weighted by Gasteiger charge is -2.24. The van der Waals surface area contributed by atoms with E-state index in [4.69, 9.17) is 0 Å². The normalized spacial score (nSPS) is 17.2. The van der Waals surface area contributed by atoms with E-state index in [0.717, 1.165) is 23.4 Å². The fourth-order valence-electron chi connectivity index (χ4n) is 2.86. The van der Waals surface area contributed by atoms with Gasteiger partial charge >= 0.3 is 0 Å². The molecular formula is C16H24N2O. The van der Waals surface area contributed by atoms with Crippen LogP contribution in [0.2, 0.25) is 0 Å². The van der Waals surface area contributed by atoms with Crippen LogP contribution in [0.4, 0.5) is 5.69 Å². The van der Waals surface area contributed by atoms with Gasteiger partial charge in [0.1, 0.15) is 0 Å². The molecule has 104 valence electrons. The molecule has 2 N–H and O–H groups in total. The molecule has 1 amide bonds. The van der Waals surface area contributed by atoms with Gasteiger partial charge < -0.3 is 10.6 Å². The summed E-state index contributed by atoms with van der Waals surface area (Å²) >= 11 is 0. The maximum atomic E-state index is 12.3. The first kappa shape index (κ1) is 13.9. The molecule has 0 aromatic heterocycles. The second kappa shape index (κ2) is 5.64. The fourth-order valence-corrected chi connectivity index (χ4v) is 2.86. The van der Waals surface area contributed by atoms with Crippen LogP contribution in [0.15, 0.2) is 18.2 Å². The average Bonchev–Trinajstić information content (AvgIpc) is 2.83. The van der Waals surface area contributed by atoms with E-state index in [2.05, 4.69) is 17.6 Å². The number of rotatable bonds is 4. The molecule has 1 fully saturated rings. The van der Waals surface area contributed by atoms with Crippen LogP contribution in [0.1, 0.15) is 48.5 Å². The maximum absolute atomic E-state index is 12.3. The molecule has 0 atom stereocenters. The summed E-state index contributed by atoms with van der Waals surface area (Å²) in [5, 5.41) is 6.18. The Labute approximate surface area is 115 Å². The summed E-state index contributed by atoms with van der Waals surface area (Å²) in [5.74, 6) is 0.0289. The maximum Gasteiger partial charge on any atom is 0.253 e. The van der Waals surface area contributed by atoms with Gasteiger partial charge in [0.2, 0.25) is 0 Å². The van der Waals surface area contributed by atoms with Gasteiger partial charge in [0, 0.05) is 19.3 Å². The van der Waals surface area contributed by atoms with Crippen LogP contribution in [0.3, 0.4) is 0 Å². The number of hydrogen-bond acceptors (Lipinski definition) is 2. The van der Waals surface area contributed by atoms with E-state index < -0.39 is 0 Å². The Morgan fingerprint density at radius 3 is 2.63 bits per heavy atom. The number of nitrogens with one attached hydrogen (secondary N) is 2. The Morgan fingerprint density at radius 2 is 2.00 bits per heavy atom. The van der Waals surface area contributed by atoms with Crippen molar-refractivity contribution in [2.45, 2.75) is 39.5 Å². The van der Waals surface area contributed by atoms with E-state index in [1.807, 2.05) is 32.2 Å². The molecule has 1 aliphatic rings. The fraction of sp³-hybridized carbons (Fsp3) is 0.562. The standard InChI is InChI=1S/C16H24N2O/c1-12-6-7-14(17-3)13(10-12)15(19)18-11-16(2)8-4-5-9-16/h6-7,10,17H,4-5,8-9,11H2,1-3H3,(H,18,19). The number of aryl methyl sites for hydroxylation is 1. The Kier molecular flexibility index (Phi) is 4.13. The highest BCUT2D eigenvalue weighted by Gasteiger charge is 2.29. The second-order valence-corrected chi connectivity index (χ2v) is 6.00. The Balaban J connectivity index is 2.05. The van der Waals surface area contributed by atoms with Crippen molar-refractivity contribution in [1.82, 2.24) is 5.32 Å². The van der Waals surface area contributed by atoms with E-state index >= 15 is 0 Å². The van der Waals surface area contributed by atoms with Crippen LogP contribution in [-0.2, 0) is 0 Å². The molecule has 1 aromatic carbocycles. The Morgan fingerprint density at radius 1 is 1.32 bits per heavy atom. The molecule has 19 heavy (non-hydrogen) atoms. The van der Waals surface area contributed by atoms with Crippen LogP contribution >= 0.6 is 0 Å². The largest absolute Gasteiger partial charge is 0.387 e. The van der Waals surface area contributed by atoms with Crippen molar-refractivity contribution >= 4 is 11.6 Å². The molecule has 2 rings (SSSR count). The van der Waals surface area contributed by atoms with E-state index in [-0.39, 0.29) is 5.91 Å². The molecule has 0 spiro atoms. The monoisotopic (exact) mass is 260 g/mol. The smallest absolute Gasteiger partial charge is 0.253 e. The van der Waals surface area contributed by atoms with Crippen LogP contribution in [-0.4, -0.2) is 19.5 Å². The molecule has 0 aliphatic heterocycles. The highest BCUT2D eigenvalue weighted by Crippen LogP contribution is 2.36. The Bertz CT molecular complexity index is 462. The lowest BCUT2D eigenvalue weighted by molar-refractivity contribution is 0.0935. The number of hydrogen-bond donors (Lipinski definition) is 2. The zero-order valence-electron chi connectivity index (χ0n) is 12.2. The van der Waals surface area contributed by atoms with Gasteiger partial charge in [0.15, 0.2) is 0 Å². The summed E-state index contributed by atoms with van der Waals surface area (Å²) < 4.78 is 0. The first-order valence-electron chi connectivity index (χ1n) is 7.11. The van der Waals surface area contributed by atoms with Crippen molar-refractivity contribution in [2.24, 2.45) is 5.41 Å². The lowest BCUT2D eigenvalue weighted by Crippen LogP contribution is -2.34. The summed E-state index contributed by atoms with van der Waals surface area (Å²) in [7, 11) is 1.85. The SMILES string of the molecule is CNc1ccc(C)cc1C(=O)NCC1(C)CCCC1. The third kappa shape index (κ3) is 3.28. The van der Waals surface area contributed by atoms with E-state index in [9.17, 15) is 4.79 Å². The topological polar surface area (TPSA) is 41.1 Å². The second-order valence-electron chi connectivity index (χ2n) is 6.00. The quantitative estimate of drug-likeness (QED) is 0.871. The van der Waals surface area contributed by atoms with Gasteiger partial charge in [0.05, 0.1) is 5.56 Å². The summed E-state index contributed by atoms with van der Waals surface area (Å²) in [4.78, 5) is 12.3. The van der Waals surface area contributed by atoms with Crippen LogP contribution in [0.25, 0.3) is 0 Å². The van der Waals surface area contributed by atoms with Crippen molar-refractivity contribution in [3.63, 3.8) is 0 Å². The van der Waals surface area contributed by atoms with Gasteiger partial charge in [-0.25, -0.2) is 0 Å². The number of carbonyl (C=O) groups is 1. The third-order valence-corrected chi connectivity index (χ3v) is 4.18. The van der Waals surface area contributed by atoms with Gasteiger partial charge in [0.25, 0.3) is 5.91 Å². The van der Waals surface area contributed by atoms with Gasteiger partial charge in [-0.1, -0.05) is 31.4 Å². The number of anilines is 1. The molecule has 3 nitrogen and oxygen atoms in total. The van der Waals surface area contributed by atoms with Crippen molar-refractivity contribution in [3.05, 3.63) is 29.3 Å². The van der Waals surface area contributed by atoms with Gasteiger partial charge in [-0.3, -0.25) is 4.79 Å². The molecule has 0 bridgehead atoms. The first-order chi connectivity index (χ1) is 9.04. The van der Waals surface area contributed by atoms with Gasteiger partial charge in [-0.05, 0) is 37.3 Å². The predicted molar refractivity (Wildman–Crippen MR) is 79.6 cm³/mol. The number of benzene rings is 1. The minimum absolute atomic E-state index is 0.0289. The zero-order valence-corrected chi connectivity index (χ0v) is 12.2. The highest BCUT2D eigenvalue weighted by atomic mass is 16.1. The van der Waals surface area contributed by atoms with Crippen molar-refractivity contribution in [3.8, 4) is 0 Å². The molecular weight excluding hydrogens is 236 g/mol. The lowest BCUT2D eigenvalue weighted by atomic mass is 9.89. The van der Waals surface area contributed by atoms with Gasteiger partial charge in [-0.2, -0.15) is 0 Å². The molecule has 0 unspecified atom stereocenters. The highest BCUT2D eigenvalue weighted by molar-refractivity contribution is 5.99. The third-order valence-electron chi connectivity index (χ3n) is 4.18. The summed E-state index contributed by atoms with van der Waals surface area (Å²) in [5.41, 5.74) is 3.03. The molecule has 1 aromatic rings. The molecule has 0 heterocycles. The summed E-state index contributed by atoms with van der Waals surface area (Å²) in [6.07, 6.45) is 5.02. The van der Waals surface area contributed by atoms with Crippen LogP contribution in [0.5, 0.6) is 0 Å². The zero-order chi connectivity index (χ0) is 13.9. The van der Waals surface area contributed by atoms with Crippen LogP contribution in [0, 0.1) is 12.3 Å². The molecule has 3 heteroatoms. The predicted octanol–water partition coefficient (Wildman–Crippen LogP) is 3.35. The minimum Gasteiger partial charge on any atom is -0.387 e. The summed E-state index contributed by atoms with van der Waals surface area (Å²) in [6, 6.07) is 5.92. The van der Waals surface area contributed by atoms with Crippen molar-refractivity contribution in [1.29, 1.82) is 0 Å². The van der Waals surface area contributed by atoms with E-state index in [0.29, 0.717) is 5.41 Å². The molecule has 1 aliphatic carbocycles. The Hall–Kier alpha value is -1.51. The van der Waals surface area contributed by atoms with E-state index in [1.165, 1.54) is 25.7 Å². The summed E-state index contributed by atoms with van der Waals surface area (Å²) in [6.45, 7) is 5.06. The molecule has 0 saturated heterocycles. The number of carbonyl (C=O) groups excluding carboxylic acids is 1. The van der Waals surface area contributed by atoms with Crippen LogP contribution < -0.4 is 10.6 Å². The van der Waals surface area contributed by atoms with Crippen molar-refractivity contribution in [2.75, 3.05) is 18.9 Å². The van der Waals surface area contributed by atoms with Gasteiger partial charge in [-0.15, -0.1) is 0 Å². The molecule has 1 saturated carbocycles.